The minimum Gasteiger partial charge on any atom is -0.367 e. The summed E-state index contributed by atoms with van der Waals surface area (Å²) in [4.78, 5) is 28.4. The lowest BCUT2D eigenvalue weighted by Gasteiger charge is -2.11. The number of aromatic nitrogens is 2. The molecule has 29 heavy (non-hydrogen) atoms. The van der Waals surface area contributed by atoms with Crippen molar-refractivity contribution in [1.29, 1.82) is 0 Å². The zero-order valence-corrected chi connectivity index (χ0v) is 15.3. The molecule has 1 amide bonds. The fourth-order valence-electron chi connectivity index (χ4n) is 2.72. The van der Waals surface area contributed by atoms with Crippen LogP contribution in [-0.2, 0) is 29.2 Å². The van der Waals surface area contributed by atoms with Gasteiger partial charge in [-0.2, -0.15) is 13.2 Å². The van der Waals surface area contributed by atoms with Crippen molar-refractivity contribution in [3.05, 3.63) is 76.2 Å². The van der Waals surface area contributed by atoms with Crippen LogP contribution in [0.3, 0.4) is 0 Å². The van der Waals surface area contributed by atoms with Crippen molar-refractivity contribution in [2.75, 3.05) is 6.61 Å². The maximum absolute atomic E-state index is 12.3. The highest BCUT2D eigenvalue weighted by molar-refractivity contribution is 5.79. The van der Waals surface area contributed by atoms with E-state index in [1.165, 1.54) is 10.8 Å². The molecule has 1 N–H and O–H groups in total. The molecule has 2 aromatic carbocycles. The Labute approximate surface area is 163 Å². The first-order valence-electron chi connectivity index (χ1n) is 8.75. The van der Waals surface area contributed by atoms with Gasteiger partial charge in [-0.05, 0) is 23.3 Å². The number of hydrogen-bond acceptors (Lipinski definition) is 4. The molecule has 0 unspecified atom stereocenters. The fraction of sp³-hybridized carbons (Fsp3) is 0.250. The van der Waals surface area contributed by atoms with E-state index < -0.39 is 12.8 Å². The van der Waals surface area contributed by atoms with Crippen molar-refractivity contribution in [3.63, 3.8) is 0 Å². The number of benzene rings is 2. The Kier molecular flexibility index (Phi) is 6.28. The summed E-state index contributed by atoms with van der Waals surface area (Å²) in [6.45, 7) is -1.37. The highest BCUT2D eigenvalue weighted by atomic mass is 19.4. The summed E-state index contributed by atoms with van der Waals surface area (Å²) in [5.41, 5.74) is 2.17. The highest BCUT2D eigenvalue weighted by Crippen LogP contribution is 2.16. The molecular weight excluding hydrogens is 387 g/mol. The summed E-state index contributed by atoms with van der Waals surface area (Å²) in [6, 6.07) is 13.7. The van der Waals surface area contributed by atoms with Gasteiger partial charge in [0.25, 0.3) is 5.56 Å². The molecule has 0 atom stereocenters. The predicted octanol–water partition coefficient (Wildman–Crippen LogP) is 2.79. The van der Waals surface area contributed by atoms with Crippen molar-refractivity contribution in [3.8, 4) is 0 Å². The van der Waals surface area contributed by atoms with E-state index in [4.69, 9.17) is 0 Å². The topological polar surface area (TPSA) is 73.2 Å². The van der Waals surface area contributed by atoms with E-state index in [1.807, 2.05) is 0 Å². The lowest BCUT2D eigenvalue weighted by atomic mass is 10.1. The number of carbonyl (C=O) groups excluding carboxylic acids is 1. The van der Waals surface area contributed by atoms with Crippen LogP contribution >= 0.6 is 0 Å². The number of ether oxygens (including phenoxy) is 1. The van der Waals surface area contributed by atoms with Crippen molar-refractivity contribution >= 4 is 16.9 Å². The SMILES string of the molecule is O=C(Cn1c(=O)cnc2ccccc21)NCc1ccc(COCC(F)(F)F)cc1. The van der Waals surface area contributed by atoms with Crippen LogP contribution in [0.4, 0.5) is 13.2 Å². The van der Waals surface area contributed by atoms with E-state index in [2.05, 4.69) is 15.0 Å². The molecule has 152 valence electrons. The molecule has 9 heteroatoms. The molecule has 0 aliphatic carbocycles. The van der Waals surface area contributed by atoms with Crippen molar-refractivity contribution in [2.45, 2.75) is 25.9 Å². The maximum Gasteiger partial charge on any atom is 0.411 e. The minimum atomic E-state index is -4.35. The number of hydrogen-bond donors (Lipinski definition) is 1. The van der Waals surface area contributed by atoms with Crippen molar-refractivity contribution < 1.29 is 22.7 Å². The van der Waals surface area contributed by atoms with Gasteiger partial charge in [-0.3, -0.25) is 14.2 Å². The van der Waals surface area contributed by atoms with Gasteiger partial charge in [0, 0.05) is 6.54 Å². The second-order valence-corrected chi connectivity index (χ2v) is 6.37. The summed E-state index contributed by atoms with van der Waals surface area (Å²) in [6.07, 6.45) is -3.18. The van der Waals surface area contributed by atoms with Gasteiger partial charge in [-0.1, -0.05) is 36.4 Å². The molecule has 6 nitrogen and oxygen atoms in total. The number of alkyl halides is 3. The maximum atomic E-state index is 12.3. The Bertz CT molecular complexity index is 1050. The van der Waals surface area contributed by atoms with Gasteiger partial charge < -0.3 is 10.1 Å². The Hall–Kier alpha value is -3.20. The summed E-state index contributed by atoms with van der Waals surface area (Å²) >= 11 is 0. The lowest BCUT2D eigenvalue weighted by molar-refractivity contribution is -0.176. The molecule has 0 fully saturated rings. The predicted molar refractivity (Wildman–Crippen MR) is 100 cm³/mol. The summed E-state index contributed by atoms with van der Waals surface area (Å²) in [5, 5.41) is 2.72. The van der Waals surface area contributed by atoms with Crippen LogP contribution in [0.25, 0.3) is 11.0 Å². The van der Waals surface area contributed by atoms with Crippen molar-refractivity contribution in [1.82, 2.24) is 14.9 Å². The van der Waals surface area contributed by atoms with Crippen LogP contribution in [0.15, 0.2) is 59.5 Å². The molecule has 0 radical (unpaired) electrons. The molecule has 3 aromatic rings. The second kappa shape index (κ2) is 8.87. The summed E-state index contributed by atoms with van der Waals surface area (Å²) in [7, 11) is 0. The minimum absolute atomic E-state index is 0.148. The second-order valence-electron chi connectivity index (χ2n) is 6.37. The Morgan fingerprint density at radius 2 is 1.76 bits per heavy atom. The quantitative estimate of drug-likeness (QED) is 0.656. The van der Waals surface area contributed by atoms with Gasteiger partial charge in [0.2, 0.25) is 5.91 Å². The first-order valence-corrected chi connectivity index (χ1v) is 8.75. The van der Waals surface area contributed by atoms with Crippen molar-refractivity contribution in [2.24, 2.45) is 0 Å². The average Bonchev–Trinajstić information content (AvgIpc) is 2.69. The van der Waals surface area contributed by atoms with Crippen LogP contribution in [0.1, 0.15) is 11.1 Å². The van der Waals surface area contributed by atoms with Gasteiger partial charge in [0.1, 0.15) is 13.2 Å². The summed E-state index contributed by atoms with van der Waals surface area (Å²) < 4.78 is 42.2. The van der Waals surface area contributed by atoms with E-state index in [0.717, 1.165) is 5.56 Å². The van der Waals surface area contributed by atoms with Crippen LogP contribution in [0.5, 0.6) is 0 Å². The molecule has 0 saturated carbocycles. The molecule has 0 aliphatic heterocycles. The van der Waals surface area contributed by atoms with E-state index in [9.17, 15) is 22.8 Å². The van der Waals surface area contributed by atoms with Gasteiger partial charge >= 0.3 is 6.18 Å². The van der Waals surface area contributed by atoms with Crippen LogP contribution < -0.4 is 10.9 Å². The third kappa shape index (κ3) is 5.89. The highest BCUT2D eigenvalue weighted by Gasteiger charge is 2.27. The van der Waals surface area contributed by atoms with Gasteiger partial charge in [0.05, 0.1) is 23.8 Å². The molecular formula is C20H18F3N3O3. The van der Waals surface area contributed by atoms with Crippen LogP contribution in [0, 0.1) is 0 Å². The van der Waals surface area contributed by atoms with Gasteiger partial charge in [-0.25, -0.2) is 4.98 Å². The molecule has 0 aliphatic rings. The molecule has 0 saturated heterocycles. The fourth-order valence-corrected chi connectivity index (χ4v) is 2.72. The smallest absolute Gasteiger partial charge is 0.367 e. The first-order chi connectivity index (χ1) is 13.8. The Morgan fingerprint density at radius 3 is 2.48 bits per heavy atom. The standard InChI is InChI=1S/C20H18F3N3O3/c21-20(22,23)13-29-12-15-7-5-14(6-8-15)9-25-18(27)11-26-17-4-2-1-3-16(17)24-10-19(26)28/h1-8,10H,9,11-13H2,(H,25,27). The number of nitrogens with one attached hydrogen (secondary N) is 1. The summed E-state index contributed by atoms with van der Waals surface area (Å²) in [5.74, 6) is -0.346. The van der Waals surface area contributed by atoms with E-state index in [-0.39, 0.29) is 31.2 Å². The number of amides is 1. The molecule has 3 rings (SSSR count). The average molecular weight is 405 g/mol. The largest absolute Gasteiger partial charge is 0.411 e. The normalized spacial score (nSPS) is 11.6. The molecule has 0 spiro atoms. The van der Waals surface area contributed by atoms with E-state index in [1.54, 1.807) is 48.5 Å². The van der Waals surface area contributed by atoms with E-state index in [0.29, 0.717) is 16.6 Å². The number of nitrogens with zero attached hydrogens (tertiary/aromatic N) is 2. The lowest BCUT2D eigenvalue weighted by Crippen LogP contribution is -2.32. The third-order valence-electron chi connectivity index (χ3n) is 4.10. The Morgan fingerprint density at radius 1 is 1.07 bits per heavy atom. The van der Waals surface area contributed by atoms with E-state index >= 15 is 0 Å². The van der Waals surface area contributed by atoms with Crippen LogP contribution in [0.2, 0.25) is 0 Å². The van der Waals surface area contributed by atoms with Crippen LogP contribution in [-0.4, -0.2) is 28.2 Å². The molecule has 1 aromatic heterocycles. The Balaban J connectivity index is 1.55. The number of carbonyl (C=O) groups is 1. The molecule has 1 heterocycles. The van der Waals surface area contributed by atoms with Gasteiger partial charge in [-0.15, -0.1) is 0 Å². The number of fused-ring (bicyclic) bond motifs is 1. The zero-order chi connectivity index (χ0) is 20.9. The molecule has 0 bridgehead atoms. The third-order valence-corrected chi connectivity index (χ3v) is 4.10. The number of halogens is 3. The first kappa shape index (κ1) is 20.5. The number of rotatable bonds is 7. The number of para-hydroxylation sites is 2. The van der Waals surface area contributed by atoms with Gasteiger partial charge in [0.15, 0.2) is 0 Å². The zero-order valence-electron chi connectivity index (χ0n) is 15.3. The monoisotopic (exact) mass is 405 g/mol.